The van der Waals surface area contributed by atoms with Gasteiger partial charge in [-0.05, 0) is 37.1 Å². The predicted molar refractivity (Wildman–Crippen MR) is 101 cm³/mol. The van der Waals surface area contributed by atoms with Crippen LogP contribution in [-0.2, 0) is 10.8 Å². The summed E-state index contributed by atoms with van der Waals surface area (Å²) in [7, 11) is -1.24. The molecule has 2 nitrogen and oxygen atoms in total. The fourth-order valence-electron chi connectivity index (χ4n) is 2.80. The van der Waals surface area contributed by atoms with Crippen molar-refractivity contribution in [3.05, 3.63) is 77.9 Å². The molecule has 3 rings (SSSR count). The van der Waals surface area contributed by atoms with Crippen molar-refractivity contribution in [3.63, 3.8) is 0 Å². The summed E-state index contributed by atoms with van der Waals surface area (Å²) >= 11 is 0. The molecule has 1 unspecified atom stereocenters. The van der Waals surface area contributed by atoms with E-state index in [0.29, 0.717) is 5.56 Å². The Morgan fingerprint density at radius 3 is 2.17 bits per heavy atom. The van der Waals surface area contributed by atoms with E-state index in [0.717, 1.165) is 21.2 Å². The summed E-state index contributed by atoms with van der Waals surface area (Å²) in [5, 5.41) is 12.9. The summed E-state index contributed by atoms with van der Waals surface area (Å²) in [5.41, 5.74) is 1.52. The van der Waals surface area contributed by atoms with Crippen molar-refractivity contribution in [2.24, 2.45) is 0 Å². The third kappa shape index (κ3) is 3.14. The first-order chi connectivity index (χ1) is 11.4. The normalized spacial score (nSPS) is 14.5. The first-order valence-corrected chi connectivity index (χ1v) is 9.21. The molecule has 0 saturated heterocycles. The summed E-state index contributed by atoms with van der Waals surface area (Å²) in [5.74, 6) is 0. The third-order valence-electron chi connectivity index (χ3n) is 4.06. The molecule has 24 heavy (non-hydrogen) atoms. The molecule has 124 valence electrons. The molecule has 0 saturated carbocycles. The van der Waals surface area contributed by atoms with Crippen molar-refractivity contribution in [2.45, 2.75) is 36.5 Å². The van der Waals surface area contributed by atoms with Crippen molar-refractivity contribution >= 4 is 21.6 Å². The van der Waals surface area contributed by atoms with E-state index in [1.54, 1.807) is 0 Å². The minimum Gasteiger partial charge on any atom is -0.384 e. The molecule has 0 fully saturated rings. The van der Waals surface area contributed by atoms with Gasteiger partial charge in [-0.1, -0.05) is 66.7 Å². The smallest absolute Gasteiger partial charge is 0.105 e. The maximum Gasteiger partial charge on any atom is 0.105 e. The number of aliphatic hydroxyl groups is 1. The molecule has 0 aliphatic heterocycles. The van der Waals surface area contributed by atoms with Crippen LogP contribution in [0.25, 0.3) is 10.8 Å². The fraction of sp³-hybridized carbons (Fsp3) is 0.238. The van der Waals surface area contributed by atoms with Crippen molar-refractivity contribution < 1.29 is 9.32 Å². The molecule has 0 aliphatic rings. The minimum absolute atomic E-state index is 0.407. The van der Waals surface area contributed by atoms with Gasteiger partial charge in [0.1, 0.15) is 6.10 Å². The summed E-state index contributed by atoms with van der Waals surface area (Å²) in [6, 6.07) is 21.3. The second-order valence-electron chi connectivity index (χ2n) is 6.90. The average Bonchev–Trinajstić information content (AvgIpc) is 2.59. The zero-order valence-electron chi connectivity index (χ0n) is 14.2. The van der Waals surface area contributed by atoms with E-state index in [4.69, 9.17) is 0 Å². The van der Waals surface area contributed by atoms with Crippen LogP contribution < -0.4 is 0 Å². The Morgan fingerprint density at radius 1 is 0.875 bits per heavy atom. The lowest BCUT2D eigenvalue weighted by Crippen LogP contribution is -2.23. The highest BCUT2D eigenvalue weighted by atomic mass is 32.2. The van der Waals surface area contributed by atoms with Gasteiger partial charge in [0, 0.05) is 10.3 Å². The molecule has 0 heterocycles. The van der Waals surface area contributed by atoms with Crippen LogP contribution in [-0.4, -0.2) is 14.1 Å². The lowest BCUT2D eigenvalue weighted by Gasteiger charge is -2.24. The van der Waals surface area contributed by atoms with Crippen LogP contribution in [0.4, 0.5) is 0 Å². The maximum atomic E-state index is 13.2. The number of benzene rings is 3. The quantitative estimate of drug-likeness (QED) is 0.743. The van der Waals surface area contributed by atoms with E-state index in [1.165, 1.54) is 0 Å². The molecule has 0 bridgehead atoms. The summed E-state index contributed by atoms with van der Waals surface area (Å²) in [6.45, 7) is 5.89. The first-order valence-electron chi connectivity index (χ1n) is 8.06. The maximum absolute atomic E-state index is 13.2. The molecule has 3 aromatic carbocycles. The highest BCUT2D eigenvalue weighted by molar-refractivity contribution is 7.86. The van der Waals surface area contributed by atoms with Crippen LogP contribution in [0, 0.1) is 0 Å². The Labute approximate surface area is 145 Å². The van der Waals surface area contributed by atoms with Gasteiger partial charge < -0.3 is 5.11 Å². The summed E-state index contributed by atoms with van der Waals surface area (Å²) in [6.07, 6.45) is -0.794. The van der Waals surface area contributed by atoms with Gasteiger partial charge in [0.15, 0.2) is 0 Å². The van der Waals surface area contributed by atoms with Crippen LogP contribution in [0.1, 0.15) is 38.0 Å². The van der Waals surface area contributed by atoms with Crippen LogP contribution in [0.2, 0.25) is 0 Å². The standard InChI is InChI=1S/C21H22O2S/c1-21(2,3)24(23)20-17-12-8-7-9-15(17)13-14-18(20)19(22)16-10-5-4-6-11-16/h4-14,19,22H,1-3H3/t19-,24?/m1/s1. The third-order valence-corrected chi connectivity index (χ3v) is 6.00. The van der Waals surface area contributed by atoms with Gasteiger partial charge >= 0.3 is 0 Å². The topological polar surface area (TPSA) is 37.3 Å². The predicted octanol–water partition coefficient (Wildman–Crippen LogP) is 4.83. The number of aliphatic hydroxyl groups excluding tert-OH is 1. The lowest BCUT2D eigenvalue weighted by molar-refractivity contribution is 0.217. The Morgan fingerprint density at radius 2 is 1.50 bits per heavy atom. The molecule has 3 heteroatoms. The van der Waals surface area contributed by atoms with Gasteiger partial charge in [-0.2, -0.15) is 0 Å². The molecule has 0 radical (unpaired) electrons. The molecule has 3 aromatic rings. The number of hydrogen-bond acceptors (Lipinski definition) is 2. The van der Waals surface area contributed by atoms with E-state index in [9.17, 15) is 9.32 Å². The van der Waals surface area contributed by atoms with Gasteiger partial charge in [-0.15, -0.1) is 0 Å². The number of rotatable bonds is 3. The zero-order valence-corrected chi connectivity index (χ0v) is 15.0. The highest BCUT2D eigenvalue weighted by Crippen LogP contribution is 2.35. The minimum atomic E-state index is -1.24. The molecule has 0 spiro atoms. The lowest BCUT2D eigenvalue weighted by atomic mass is 9.98. The Kier molecular flexibility index (Phi) is 4.57. The largest absolute Gasteiger partial charge is 0.384 e. The van der Waals surface area contributed by atoms with Crippen LogP contribution in [0.15, 0.2) is 71.6 Å². The number of hydrogen-bond donors (Lipinski definition) is 1. The van der Waals surface area contributed by atoms with E-state index < -0.39 is 21.7 Å². The van der Waals surface area contributed by atoms with Crippen molar-refractivity contribution in [2.75, 3.05) is 0 Å². The SMILES string of the molecule is CC(C)(C)S(=O)c1c([C@H](O)c2ccccc2)ccc2ccccc12. The molecular weight excluding hydrogens is 316 g/mol. The van der Waals surface area contributed by atoms with Gasteiger partial charge in [0.2, 0.25) is 0 Å². The molecule has 0 aliphatic carbocycles. The van der Waals surface area contributed by atoms with Crippen LogP contribution in [0.5, 0.6) is 0 Å². The molecule has 2 atom stereocenters. The second kappa shape index (κ2) is 6.50. The highest BCUT2D eigenvalue weighted by Gasteiger charge is 2.28. The van der Waals surface area contributed by atoms with E-state index in [2.05, 4.69) is 0 Å². The summed E-state index contributed by atoms with van der Waals surface area (Å²) in [4.78, 5) is 0.733. The fourth-order valence-corrected chi connectivity index (χ4v) is 4.19. The van der Waals surface area contributed by atoms with Gasteiger partial charge in [-0.25, -0.2) is 0 Å². The van der Waals surface area contributed by atoms with Crippen molar-refractivity contribution in [3.8, 4) is 0 Å². The second-order valence-corrected chi connectivity index (χ2v) is 9.07. The van der Waals surface area contributed by atoms with E-state index in [1.807, 2.05) is 87.5 Å². The van der Waals surface area contributed by atoms with Crippen LogP contribution in [0.3, 0.4) is 0 Å². The van der Waals surface area contributed by atoms with Crippen LogP contribution >= 0.6 is 0 Å². The average molecular weight is 338 g/mol. The molecule has 1 N–H and O–H groups in total. The Balaban J connectivity index is 2.26. The van der Waals surface area contributed by atoms with E-state index >= 15 is 0 Å². The van der Waals surface area contributed by atoms with Gasteiger partial charge in [0.05, 0.1) is 15.7 Å². The summed E-state index contributed by atoms with van der Waals surface area (Å²) < 4.78 is 12.8. The monoisotopic (exact) mass is 338 g/mol. The zero-order chi connectivity index (χ0) is 17.3. The van der Waals surface area contributed by atoms with Gasteiger partial charge in [-0.3, -0.25) is 4.21 Å². The van der Waals surface area contributed by atoms with Crippen molar-refractivity contribution in [1.82, 2.24) is 0 Å². The van der Waals surface area contributed by atoms with Crippen molar-refractivity contribution in [1.29, 1.82) is 0 Å². The van der Waals surface area contributed by atoms with Gasteiger partial charge in [0.25, 0.3) is 0 Å². The molecule has 0 aromatic heterocycles. The first kappa shape index (κ1) is 16.9. The van der Waals surface area contributed by atoms with E-state index in [-0.39, 0.29) is 0 Å². The Bertz CT molecular complexity index is 879. The molecular formula is C21H22O2S. The Hall–Kier alpha value is -1.97. The molecule has 0 amide bonds. The number of fused-ring (bicyclic) bond motifs is 1.